The smallest absolute Gasteiger partial charge is 0.277 e. The monoisotopic (exact) mass is 280 g/mol. The fraction of sp³-hybridized carbons (Fsp3) is 0.231. The summed E-state index contributed by atoms with van der Waals surface area (Å²) in [6, 6.07) is 5.60. The van der Waals surface area contributed by atoms with Crippen LogP contribution in [0.5, 0.6) is 0 Å². The molecule has 1 fully saturated rings. The fourth-order valence-corrected chi connectivity index (χ4v) is 1.91. The van der Waals surface area contributed by atoms with Gasteiger partial charge in [-0.2, -0.15) is 0 Å². The van der Waals surface area contributed by atoms with Crippen LogP contribution in [0.25, 0.3) is 0 Å². The molecule has 1 heterocycles. The van der Waals surface area contributed by atoms with Crippen LogP contribution in [0.15, 0.2) is 28.8 Å². The van der Waals surface area contributed by atoms with Gasteiger partial charge in [-0.15, -0.1) is 0 Å². The summed E-state index contributed by atoms with van der Waals surface area (Å²) in [6.45, 7) is 0. The normalized spacial score (nSPS) is 14.4. The molecule has 0 unspecified atom stereocenters. The summed E-state index contributed by atoms with van der Waals surface area (Å²) >= 11 is 5.64. The standard InChI is InChI=1S/C13H10ClFN2O2/c14-9-5-8(3-4-10(9)15)16-13(18)11-6-12(19-17-11)7-1-2-7/h3-7H,1-2H2,(H,16,18). The van der Waals surface area contributed by atoms with E-state index >= 15 is 0 Å². The maximum atomic E-state index is 13.0. The first-order valence-corrected chi connectivity index (χ1v) is 6.24. The number of hydrogen-bond donors (Lipinski definition) is 1. The lowest BCUT2D eigenvalue weighted by Crippen LogP contribution is -2.12. The summed E-state index contributed by atoms with van der Waals surface area (Å²) in [5, 5.41) is 6.26. The summed E-state index contributed by atoms with van der Waals surface area (Å²) < 4.78 is 18.1. The van der Waals surface area contributed by atoms with E-state index in [1.165, 1.54) is 18.2 Å². The summed E-state index contributed by atoms with van der Waals surface area (Å²) in [6.07, 6.45) is 2.15. The lowest BCUT2D eigenvalue weighted by molar-refractivity contribution is 0.101. The highest BCUT2D eigenvalue weighted by Gasteiger charge is 2.28. The number of carbonyl (C=O) groups excluding carboxylic acids is 1. The Hall–Kier alpha value is -1.88. The van der Waals surface area contributed by atoms with Crippen LogP contribution in [0.3, 0.4) is 0 Å². The van der Waals surface area contributed by atoms with Crippen LogP contribution in [0.4, 0.5) is 10.1 Å². The number of carbonyl (C=O) groups is 1. The molecule has 19 heavy (non-hydrogen) atoms. The average molecular weight is 281 g/mol. The van der Waals surface area contributed by atoms with Crippen LogP contribution in [0.2, 0.25) is 5.02 Å². The van der Waals surface area contributed by atoms with Crippen molar-refractivity contribution in [2.75, 3.05) is 5.32 Å². The molecule has 6 heteroatoms. The van der Waals surface area contributed by atoms with Gasteiger partial charge in [-0.1, -0.05) is 16.8 Å². The number of benzene rings is 1. The molecule has 1 saturated carbocycles. The minimum absolute atomic E-state index is 0.0448. The van der Waals surface area contributed by atoms with Crippen molar-refractivity contribution in [3.63, 3.8) is 0 Å². The SMILES string of the molecule is O=C(Nc1ccc(F)c(Cl)c1)c1cc(C2CC2)on1. The van der Waals surface area contributed by atoms with Crippen LogP contribution in [-0.2, 0) is 0 Å². The van der Waals surface area contributed by atoms with E-state index in [1.54, 1.807) is 6.07 Å². The Balaban J connectivity index is 1.74. The highest BCUT2D eigenvalue weighted by Crippen LogP contribution is 2.40. The molecule has 1 N–H and O–H groups in total. The van der Waals surface area contributed by atoms with Gasteiger partial charge in [0.25, 0.3) is 5.91 Å². The molecule has 0 aliphatic heterocycles. The third kappa shape index (κ3) is 2.61. The molecule has 98 valence electrons. The molecule has 0 radical (unpaired) electrons. The second-order valence-corrected chi connectivity index (χ2v) is 4.88. The van der Waals surface area contributed by atoms with E-state index in [1.807, 2.05) is 0 Å². The maximum absolute atomic E-state index is 13.0. The molecular weight excluding hydrogens is 271 g/mol. The zero-order chi connectivity index (χ0) is 13.4. The minimum Gasteiger partial charge on any atom is -0.360 e. The van der Waals surface area contributed by atoms with Crippen molar-refractivity contribution in [1.82, 2.24) is 5.16 Å². The largest absolute Gasteiger partial charge is 0.360 e. The summed E-state index contributed by atoms with van der Waals surface area (Å²) in [5.74, 6) is 0.201. The van der Waals surface area contributed by atoms with Crippen molar-refractivity contribution in [2.24, 2.45) is 0 Å². The highest BCUT2D eigenvalue weighted by molar-refractivity contribution is 6.31. The van der Waals surface area contributed by atoms with Gasteiger partial charge in [0.15, 0.2) is 5.69 Å². The van der Waals surface area contributed by atoms with E-state index in [2.05, 4.69) is 10.5 Å². The van der Waals surface area contributed by atoms with E-state index in [0.29, 0.717) is 11.6 Å². The maximum Gasteiger partial charge on any atom is 0.277 e. The van der Waals surface area contributed by atoms with Crippen molar-refractivity contribution in [1.29, 1.82) is 0 Å². The van der Waals surface area contributed by atoms with Crippen molar-refractivity contribution < 1.29 is 13.7 Å². The first-order valence-electron chi connectivity index (χ1n) is 5.86. The number of aromatic nitrogens is 1. The van der Waals surface area contributed by atoms with Crippen LogP contribution < -0.4 is 5.32 Å². The molecule has 1 aliphatic carbocycles. The quantitative estimate of drug-likeness (QED) is 0.934. The molecule has 1 aromatic heterocycles. The van der Waals surface area contributed by atoms with Gasteiger partial charge in [0, 0.05) is 17.7 Å². The molecule has 1 amide bonds. The van der Waals surface area contributed by atoms with Crippen molar-refractivity contribution >= 4 is 23.2 Å². The molecule has 0 bridgehead atoms. The number of halogens is 2. The van der Waals surface area contributed by atoms with Gasteiger partial charge in [-0.05, 0) is 31.0 Å². The van der Waals surface area contributed by atoms with E-state index < -0.39 is 11.7 Å². The van der Waals surface area contributed by atoms with E-state index in [4.69, 9.17) is 16.1 Å². The van der Waals surface area contributed by atoms with Gasteiger partial charge in [-0.3, -0.25) is 4.79 Å². The molecule has 0 saturated heterocycles. The van der Waals surface area contributed by atoms with Crippen molar-refractivity contribution in [3.05, 3.63) is 46.6 Å². The van der Waals surface area contributed by atoms with Gasteiger partial charge in [-0.25, -0.2) is 4.39 Å². The Morgan fingerprint density at radius 1 is 1.42 bits per heavy atom. The van der Waals surface area contributed by atoms with Crippen LogP contribution in [-0.4, -0.2) is 11.1 Å². The Bertz CT molecular complexity index is 637. The van der Waals surface area contributed by atoms with Crippen LogP contribution >= 0.6 is 11.6 Å². The molecule has 4 nitrogen and oxygen atoms in total. The van der Waals surface area contributed by atoms with Crippen LogP contribution in [0.1, 0.15) is 35.0 Å². The molecule has 0 spiro atoms. The summed E-state index contributed by atoms with van der Waals surface area (Å²) in [5.41, 5.74) is 0.620. The molecule has 1 aliphatic rings. The Morgan fingerprint density at radius 3 is 2.89 bits per heavy atom. The number of nitrogens with one attached hydrogen (secondary N) is 1. The lowest BCUT2D eigenvalue weighted by Gasteiger charge is -2.03. The Kier molecular flexibility index (Phi) is 2.98. The second-order valence-electron chi connectivity index (χ2n) is 4.47. The van der Waals surface area contributed by atoms with Crippen molar-refractivity contribution in [2.45, 2.75) is 18.8 Å². The number of nitrogens with zero attached hydrogens (tertiary/aromatic N) is 1. The number of anilines is 1. The number of rotatable bonds is 3. The first kappa shape index (κ1) is 12.2. The van der Waals surface area contributed by atoms with Gasteiger partial charge < -0.3 is 9.84 Å². The zero-order valence-corrected chi connectivity index (χ0v) is 10.6. The van der Waals surface area contributed by atoms with Crippen LogP contribution in [0, 0.1) is 5.82 Å². The van der Waals surface area contributed by atoms with E-state index in [-0.39, 0.29) is 10.7 Å². The lowest BCUT2D eigenvalue weighted by atomic mass is 10.2. The third-order valence-electron chi connectivity index (χ3n) is 2.92. The highest BCUT2D eigenvalue weighted by atomic mass is 35.5. The van der Waals surface area contributed by atoms with Crippen molar-refractivity contribution in [3.8, 4) is 0 Å². The molecule has 1 aromatic carbocycles. The van der Waals surface area contributed by atoms with Gasteiger partial charge >= 0.3 is 0 Å². The first-order chi connectivity index (χ1) is 9.13. The fourth-order valence-electron chi connectivity index (χ4n) is 1.73. The summed E-state index contributed by atoms with van der Waals surface area (Å²) in [7, 11) is 0. The van der Waals surface area contributed by atoms with Gasteiger partial charge in [0.2, 0.25) is 0 Å². The Labute approximate surface area is 113 Å². The number of hydrogen-bond acceptors (Lipinski definition) is 3. The topological polar surface area (TPSA) is 55.1 Å². The van der Waals surface area contributed by atoms with Gasteiger partial charge in [0.05, 0.1) is 5.02 Å². The molecule has 2 aromatic rings. The molecule has 3 rings (SSSR count). The predicted octanol–water partition coefficient (Wildman–Crippen LogP) is 3.60. The Morgan fingerprint density at radius 2 is 2.21 bits per heavy atom. The molecule has 0 atom stereocenters. The number of amides is 1. The summed E-state index contributed by atoms with van der Waals surface area (Å²) in [4.78, 5) is 11.9. The molecular formula is C13H10ClFN2O2. The van der Waals surface area contributed by atoms with E-state index in [9.17, 15) is 9.18 Å². The van der Waals surface area contributed by atoms with Gasteiger partial charge in [0.1, 0.15) is 11.6 Å². The zero-order valence-electron chi connectivity index (χ0n) is 9.82. The predicted molar refractivity (Wildman–Crippen MR) is 67.8 cm³/mol. The third-order valence-corrected chi connectivity index (χ3v) is 3.21. The second kappa shape index (κ2) is 4.66. The minimum atomic E-state index is -0.530. The van der Waals surface area contributed by atoms with E-state index in [0.717, 1.165) is 18.6 Å². The average Bonchev–Trinajstić information content (AvgIpc) is 3.11.